The molecule has 38 heavy (non-hydrogen) atoms. The molecule has 1 aromatic carbocycles. The summed E-state index contributed by atoms with van der Waals surface area (Å²) in [6.07, 6.45) is 6.08. The SMILES string of the molecule is CCCCCCCc1nnc2c(=O)[nH]c(-c3cc(S(=O)(=O)N4CCN(CCO)CC4)ccc3OCC)nn12. The normalized spacial score (nSPS) is 15.3. The third-order valence-corrected chi connectivity index (χ3v) is 8.63. The Morgan fingerprint density at radius 3 is 2.53 bits per heavy atom. The molecule has 0 bridgehead atoms. The highest BCUT2D eigenvalue weighted by atomic mass is 32.2. The molecule has 0 amide bonds. The molecule has 0 aliphatic carbocycles. The number of benzene rings is 1. The fourth-order valence-corrected chi connectivity index (χ4v) is 6.08. The van der Waals surface area contributed by atoms with Gasteiger partial charge in [0, 0.05) is 39.1 Å². The minimum Gasteiger partial charge on any atom is -0.493 e. The Morgan fingerprint density at radius 2 is 1.82 bits per heavy atom. The molecule has 0 spiro atoms. The van der Waals surface area contributed by atoms with Gasteiger partial charge in [-0.15, -0.1) is 15.3 Å². The van der Waals surface area contributed by atoms with Gasteiger partial charge in [-0.3, -0.25) is 9.69 Å². The lowest BCUT2D eigenvalue weighted by Crippen LogP contribution is -2.49. The van der Waals surface area contributed by atoms with Gasteiger partial charge in [0.1, 0.15) is 5.75 Å². The van der Waals surface area contributed by atoms with Gasteiger partial charge in [0.2, 0.25) is 15.7 Å². The van der Waals surface area contributed by atoms with Gasteiger partial charge in [0.05, 0.1) is 23.7 Å². The van der Waals surface area contributed by atoms with E-state index in [0.29, 0.717) is 62.9 Å². The fourth-order valence-electron chi connectivity index (χ4n) is 4.63. The van der Waals surface area contributed by atoms with Crippen LogP contribution in [0.5, 0.6) is 5.75 Å². The van der Waals surface area contributed by atoms with E-state index < -0.39 is 15.6 Å². The summed E-state index contributed by atoms with van der Waals surface area (Å²) in [6.45, 7) is 6.66. The van der Waals surface area contributed by atoms with Crippen molar-refractivity contribution in [1.29, 1.82) is 0 Å². The number of nitrogens with zero attached hydrogens (tertiary/aromatic N) is 6. The Balaban J connectivity index is 1.66. The molecule has 2 aromatic heterocycles. The van der Waals surface area contributed by atoms with Gasteiger partial charge in [-0.2, -0.15) is 8.82 Å². The molecule has 208 valence electrons. The maximum absolute atomic E-state index is 13.5. The number of aromatic amines is 1. The Morgan fingerprint density at radius 1 is 1.05 bits per heavy atom. The van der Waals surface area contributed by atoms with Gasteiger partial charge < -0.3 is 14.8 Å². The van der Waals surface area contributed by atoms with Crippen molar-refractivity contribution >= 4 is 15.7 Å². The smallest absolute Gasteiger partial charge is 0.296 e. The molecule has 13 heteroatoms. The minimum absolute atomic E-state index is 0.0392. The summed E-state index contributed by atoms with van der Waals surface area (Å²) in [6, 6.07) is 4.61. The van der Waals surface area contributed by atoms with Crippen molar-refractivity contribution < 1.29 is 18.3 Å². The molecule has 2 N–H and O–H groups in total. The van der Waals surface area contributed by atoms with Gasteiger partial charge in [-0.25, -0.2) is 8.42 Å². The number of aliphatic hydroxyl groups excluding tert-OH is 1. The standard InChI is InChI=1S/C25H37N7O5S/c1-3-5-6-7-8-9-22-27-28-24-25(34)26-23(29-32(22)24)20-18-19(10-11-21(20)37-4-2)38(35,36)31-14-12-30(13-15-31)16-17-33/h10-11,18,33H,3-9,12-17H2,1-2H3,(H,26,29,34). The van der Waals surface area contributed by atoms with Crippen LogP contribution in [0.3, 0.4) is 0 Å². The van der Waals surface area contributed by atoms with Crippen LogP contribution in [-0.2, 0) is 16.4 Å². The summed E-state index contributed by atoms with van der Waals surface area (Å²) in [4.78, 5) is 17.7. The molecule has 3 heterocycles. The van der Waals surface area contributed by atoms with Crippen molar-refractivity contribution in [3.8, 4) is 17.1 Å². The van der Waals surface area contributed by atoms with Crippen LogP contribution >= 0.6 is 0 Å². The second-order valence-electron chi connectivity index (χ2n) is 9.38. The number of β-amino-alcohol motifs (C(OH)–C–C–N with tert-alkyl or cyclic N) is 1. The average Bonchev–Trinajstić information content (AvgIpc) is 3.33. The lowest BCUT2D eigenvalue weighted by atomic mass is 10.1. The first-order chi connectivity index (χ1) is 18.4. The number of rotatable bonds is 13. The van der Waals surface area contributed by atoms with E-state index in [9.17, 15) is 13.2 Å². The number of sulfonamides is 1. The first kappa shape index (κ1) is 28.1. The second kappa shape index (κ2) is 12.8. The van der Waals surface area contributed by atoms with Gasteiger partial charge in [0.25, 0.3) is 5.56 Å². The lowest BCUT2D eigenvalue weighted by Gasteiger charge is -2.33. The number of hydrogen-bond donors (Lipinski definition) is 2. The first-order valence-corrected chi connectivity index (χ1v) is 14.8. The quantitative estimate of drug-likeness (QED) is 0.305. The Kier molecular flexibility index (Phi) is 9.47. The number of aryl methyl sites for hydroxylation is 1. The second-order valence-corrected chi connectivity index (χ2v) is 11.3. The number of aromatic nitrogens is 5. The van der Waals surface area contributed by atoms with Gasteiger partial charge >= 0.3 is 0 Å². The van der Waals surface area contributed by atoms with Gasteiger partial charge in [-0.1, -0.05) is 32.6 Å². The lowest BCUT2D eigenvalue weighted by molar-refractivity contribution is 0.151. The molecule has 0 saturated carbocycles. The van der Waals surface area contributed by atoms with E-state index in [1.807, 2.05) is 11.8 Å². The van der Waals surface area contributed by atoms with Crippen LogP contribution in [0, 0.1) is 0 Å². The number of hydrogen-bond acceptors (Lipinski definition) is 9. The van der Waals surface area contributed by atoms with E-state index >= 15 is 0 Å². The van der Waals surface area contributed by atoms with Crippen molar-refractivity contribution in [1.82, 2.24) is 34.0 Å². The average molecular weight is 548 g/mol. The zero-order valence-electron chi connectivity index (χ0n) is 22.1. The van der Waals surface area contributed by atoms with E-state index in [2.05, 4.69) is 27.2 Å². The Hall–Kier alpha value is -2.87. The number of piperazine rings is 1. The third-order valence-electron chi connectivity index (χ3n) is 6.74. The number of fused-ring (bicyclic) bond motifs is 1. The van der Waals surface area contributed by atoms with Crippen LogP contribution in [0.1, 0.15) is 51.8 Å². The highest BCUT2D eigenvalue weighted by Gasteiger charge is 2.29. The highest BCUT2D eigenvalue weighted by Crippen LogP contribution is 2.31. The molecule has 1 fully saturated rings. The van der Waals surface area contributed by atoms with Crippen molar-refractivity contribution in [3.63, 3.8) is 0 Å². The molecule has 0 unspecified atom stereocenters. The van der Waals surface area contributed by atoms with Crippen molar-refractivity contribution in [2.45, 2.75) is 57.3 Å². The molecule has 0 atom stereocenters. The van der Waals surface area contributed by atoms with Crippen LogP contribution in [0.2, 0.25) is 0 Å². The summed E-state index contributed by atoms with van der Waals surface area (Å²) < 4.78 is 35.6. The minimum atomic E-state index is -3.80. The summed E-state index contributed by atoms with van der Waals surface area (Å²) >= 11 is 0. The fraction of sp³-hybridized carbons (Fsp3) is 0.600. The Labute approximate surface area is 222 Å². The molecule has 12 nitrogen and oxygen atoms in total. The van der Waals surface area contributed by atoms with Gasteiger partial charge in [0.15, 0.2) is 11.6 Å². The zero-order valence-corrected chi connectivity index (χ0v) is 22.9. The summed E-state index contributed by atoms with van der Waals surface area (Å²) in [5.41, 5.74) is 0.00341. The Bertz CT molecular complexity index is 1380. The van der Waals surface area contributed by atoms with E-state index in [0.717, 1.165) is 25.7 Å². The number of ether oxygens (including phenoxy) is 1. The molecule has 3 aromatic rings. The molecule has 0 radical (unpaired) electrons. The van der Waals surface area contributed by atoms with Crippen molar-refractivity contribution in [2.75, 3.05) is 45.9 Å². The van der Waals surface area contributed by atoms with Crippen LogP contribution in [-0.4, -0.2) is 93.5 Å². The molecular formula is C25H37N7O5S. The van der Waals surface area contributed by atoms with Crippen LogP contribution in [0.4, 0.5) is 0 Å². The molecule has 1 saturated heterocycles. The summed E-state index contributed by atoms with van der Waals surface area (Å²) in [5, 5.41) is 22.0. The van der Waals surface area contributed by atoms with Crippen LogP contribution < -0.4 is 10.3 Å². The van der Waals surface area contributed by atoms with E-state index in [1.165, 1.54) is 27.4 Å². The van der Waals surface area contributed by atoms with Crippen LogP contribution in [0.15, 0.2) is 27.9 Å². The predicted molar refractivity (Wildman–Crippen MR) is 143 cm³/mol. The van der Waals surface area contributed by atoms with E-state index in [-0.39, 0.29) is 23.0 Å². The largest absolute Gasteiger partial charge is 0.493 e. The van der Waals surface area contributed by atoms with E-state index in [4.69, 9.17) is 9.84 Å². The van der Waals surface area contributed by atoms with Crippen molar-refractivity contribution in [2.24, 2.45) is 0 Å². The zero-order chi connectivity index (χ0) is 27.1. The highest BCUT2D eigenvalue weighted by molar-refractivity contribution is 7.89. The summed E-state index contributed by atoms with van der Waals surface area (Å²) in [5.74, 6) is 1.19. The third kappa shape index (κ3) is 6.22. The summed E-state index contributed by atoms with van der Waals surface area (Å²) in [7, 11) is -3.80. The van der Waals surface area contributed by atoms with Crippen LogP contribution in [0.25, 0.3) is 17.0 Å². The maximum atomic E-state index is 13.5. The van der Waals surface area contributed by atoms with Crippen molar-refractivity contribution in [3.05, 3.63) is 34.4 Å². The van der Waals surface area contributed by atoms with Gasteiger partial charge in [-0.05, 0) is 31.5 Å². The maximum Gasteiger partial charge on any atom is 0.296 e. The number of unbranched alkanes of at least 4 members (excludes halogenated alkanes) is 4. The molecule has 1 aliphatic rings. The molecular weight excluding hydrogens is 510 g/mol. The molecule has 1 aliphatic heterocycles. The molecule has 4 rings (SSSR count). The first-order valence-electron chi connectivity index (χ1n) is 13.3. The monoisotopic (exact) mass is 547 g/mol. The topological polar surface area (TPSA) is 146 Å². The van der Waals surface area contributed by atoms with E-state index in [1.54, 1.807) is 6.07 Å². The predicted octanol–water partition coefficient (Wildman–Crippen LogP) is 1.69. The number of aliphatic hydroxyl groups is 1. The number of H-pyrrole nitrogens is 1. The number of nitrogens with one attached hydrogen (secondary N) is 1.